The van der Waals surface area contributed by atoms with Crippen LogP contribution < -0.4 is 10.6 Å². The molecule has 0 saturated carbocycles. The maximum atomic E-state index is 11.6. The van der Waals surface area contributed by atoms with Crippen LogP contribution in [0.15, 0.2) is 12.1 Å². The number of piperazine rings is 1. The topological polar surface area (TPSA) is 106 Å². The molecule has 0 bridgehead atoms. The standard InChI is InChI=1S/C10H13N5O3/c1-13-2-3-14(6-10(13)16)9-5-7(15(17)18)4-8(11)12-9/h4-5H,2-3,6H2,1H3,(H2,11,12). The molecule has 1 aliphatic heterocycles. The third-order valence-corrected chi connectivity index (χ3v) is 2.81. The van der Waals surface area contributed by atoms with Crippen molar-refractivity contribution >= 4 is 23.2 Å². The molecule has 0 unspecified atom stereocenters. The number of anilines is 2. The van der Waals surface area contributed by atoms with E-state index in [9.17, 15) is 14.9 Å². The smallest absolute Gasteiger partial charge is 0.276 e. The molecular weight excluding hydrogens is 238 g/mol. The summed E-state index contributed by atoms with van der Waals surface area (Å²) in [6.07, 6.45) is 0. The van der Waals surface area contributed by atoms with E-state index in [4.69, 9.17) is 5.73 Å². The lowest BCUT2D eigenvalue weighted by Crippen LogP contribution is -2.48. The number of hydrogen-bond donors (Lipinski definition) is 1. The van der Waals surface area contributed by atoms with Gasteiger partial charge in [0.05, 0.1) is 23.6 Å². The molecule has 0 spiro atoms. The zero-order valence-electron chi connectivity index (χ0n) is 9.87. The third-order valence-electron chi connectivity index (χ3n) is 2.81. The van der Waals surface area contributed by atoms with Gasteiger partial charge in [-0.1, -0.05) is 0 Å². The van der Waals surface area contributed by atoms with Crippen molar-refractivity contribution in [2.24, 2.45) is 0 Å². The Morgan fingerprint density at radius 3 is 2.78 bits per heavy atom. The number of pyridine rings is 1. The molecule has 8 heteroatoms. The summed E-state index contributed by atoms with van der Waals surface area (Å²) in [5, 5.41) is 10.7. The number of amides is 1. The van der Waals surface area contributed by atoms with E-state index in [1.54, 1.807) is 16.8 Å². The highest BCUT2D eigenvalue weighted by molar-refractivity contribution is 5.82. The Morgan fingerprint density at radius 1 is 1.44 bits per heavy atom. The molecule has 0 aliphatic carbocycles. The number of nitrogens with zero attached hydrogens (tertiary/aromatic N) is 4. The summed E-state index contributed by atoms with van der Waals surface area (Å²) in [6.45, 7) is 1.29. The Labute approximate surface area is 103 Å². The third kappa shape index (κ3) is 2.31. The fourth-order valence-corrected chi connectivity index (χ4v) is 1.74. The summed E-state index contributed by atoms with van der Waals surface area (Å²) in [6, 6.07) is 2.52. The Hall–Kier alpha value is -2.38. The van der Waals surface area contributed by atoms with Gasteiger partial charge < -0.3 is 15.5 Å². The zero-order chi connectivity index (χ0) is 13.3. The maximum absolute atomic E-state index is 11.6. The lowest BCUT2D eigenvalue weighted by molar-refractivity contribution is -0.384. The molecule has 1 saturated heterocycles. The molecule has 1 aromatic heterocycles. The Balaban J connectivity index is 2.28. The van der Waals surface area contributed by atoms with Gasteiger partial charge in [-0.25, -0.2) is 4.98 Å². The second kappa shape index (κ2) is 4.47. The predicted octanol–water partition coefficient (Wildman–Crippen LogP) is -0.150. The molecule has 2 heterocycles. The number of nitrogen functional groups attached to an aromatic ring is 1. The number of carbonyl (C=O) groups excluding carboxylic acids is 1. The molecule has 8 nitrogen and oxygen atoms in total. The maximum Gasteiger partial charge on any atom is 0.276 e. The molecule has 96 valence electrons. The van der Waals surface area contributed by atoms with Gasteiger partial charge in [0, 0.05) is 20.1 Å². The van der Waals surface area contributed by atoms with Crippen molar-refractivity contribution in [3.63, 3.8) is 0 Å². The fourth-order valence-electron chi connectivity index (χ4n) is 1.74. The van der Waals surface area contributed by atoms with Crippen LogP contribution >= 0.6 is 0 Å². The van der Waals surface area contributed by atoms with Gasteiger partial charge in [-0.2, -0.15) is 0 Å². The van der Waals surface area contributed by atoms with Gasteiger partial charge in [-0.3, -0.25) is 14.9 Å². The highest BCUT2D eigenvalue weighted by Gasteiger charge is 2.23. The fraction of sp³-hybridized carbons (Fsp3) is 0.400. The van der Waals surface area contributed by atoms with E-state index in [1.807, 2.05) is 0 Å². The minimum absolute atomic E-state index is 0.0480. The minimum atomic E-state index is -0.528. The molecular formula is C10H13N5O3. The average molecular weight is 251 g/mol. The first kappa shape index (κ1) is 12.1. The number of hydrogen-bond acceptors (Lipinski definition) is 6. The molecule has 0 aromatic carbocycles. The molecule has 1 fully saturated rings. The summed E-state index contributed by atoms with van der Waals surface area (Å²) in [4.78, 5) is 29.1. The van der Waals surface area contributed by atoms with Gasteiger partial charge >= 0.3 is 0 Å². The first-order chi connectivity index (χ1) is 8.47. The molecule has 1 amide bonds. The first-order valence-electron chi connectivity index (χ1n) is 5.38. The van der Waals surface area contributed by atoms with Crippen LogP contribution in [0.1, 0.15) is 0 Å². The van der Waals surface area contributed by atoms with Gasteiger partial charge in [-0.05, 0) is 0 Å². The van der Waals surface area contributed by atoms with E-state index in [1.165, 1.54) is 12.1 Å². The van der Waals surface area contributed by atoms with Gasteiger partial charge in [0.15, 0.2) is 0 Å². The molecule has 0 atom stereocenters. The molecule has 1 aliphatic rings. The van der Waals surface area contributed by atoms with E-state index < -0.39 is 4.92 Å². The normalized spacial score (nSPS) is 15.9. The Bertz CT molecular complexity index is 504. The summed E-state index contributed by atoms with van der Waals surface area (Å²) < 4.78 is 0. The summed E-state index contributed by atoms with van der Waals surface area (Å²) in [7, 11) is 1.72. The summed E-state index contributed by atoms with van der Waals surface area (Å²) in [5.41, 5.74) is 5.41. The van der Waals surface area contributed by atoms with Crippen LogP contribution in [0.4, 0.5) is 17.3 Å². The largest absolute Gasteiger partial charge is 0.383 e. The number of likely N-dealkylation sites (N-methyl/N-ethyl adjacent to an activating group) is 1. The van der Waals surface area contributed by atoms with Crippen LogP contribution in [0.3, 0.4) is 0 Å². The van der Waals surface area contributed by atoms with Crippen LogP contribution in [0.2, 0.25) is 0 Å². The van der Waals surface area contributed by atoms with Crippen molar-refractivity contribution in [2.45, 2.75) is 0 Å². The predicted molar refractivity (Wildman–Crippen MR) is 65.2 cm³/mol. The van der Waals surface area contributed by atoms with Crippen molar-refractivity contribution in [1.29, 1.82) is 0 Å². The van der Waals surface area contributed by atoms with Crippen LogP contribution in [0, 0.1) is 10.1 Å². The second-order valence-electron chi connectivity index (χ2n) is 4.10. The monoisotopic (exact) mass is 251 g/mol. The average Bonchev–Trinajstić information content (AvgIpc) is 2.31. The van der Waals surface area contributed by atoms with Crippen LogP contribution in [0.5, 0.6) is 0 Å². The van der Waals surface area contributed by atoms with Gasteiger partial charge in [-0.15, -0.1) is 0 Å². The number of nitro groups is 1. The van der Waals surface area contributed by atoms with Crippen LogP contribution in [0.25, 0.3) is 0 Å². The molecule has 2 N–H and O–H groups in total. The molecule has 18 heavy (non-hydrogen) atoms. The van der Waals surface area contributed by atoms with E-state index >= 15 is 0 Å². The van der Waals surface area contributed by atoms with Crippen molar-refractivity contribution in [3.8, 4) is 0 Å². The Kier molecular flexibility index (Phi) is 3.00. The highest BCUT2D eigenvalue weighted by Crippen LogP contribution is 2.22. The number of nitrogens with two attached hydrogens (primary N) is 1. The summed E-state index contributed by atoms with van der Waals surface area (Å²) in [5.74, 6) is 0.391. The van der Waals surface area contributed by atoms with E-state index in [0.29, 0.717) is 18.9 Å². The van der Waals surface area contributed by atoms with Crippen molar-refractivity contribution in [2.75, 3.05) is 37.3 Å². The minimum Gasteiger partial charge on any atom is -0.383 e. The van der Waals surface area contributed by atoms with Crippen LogP contribution in [-0.4, -0.2) is 47.4 Å². The lowest BCUT2D eigenvalue weighted by Gasteiger charge is -2.32. The van der Waals surface area contributed by atoms with Crippen LogP contribution in [-0.2, 0) is 4.79 Å². The van der Waals surface area contributed by atoms with E-state index in [0.717, 1.165) is 0 Å². The van der Waals surface area contributed by atoms with Crippen molar-refractivity contribution < 1.29 is 9.72 Å². The summed E-state index contributed by atoms with van der Waals surface area (Å²) >= 11 is 0. The molecule has 0 radical (unpaired) electrons. The van der Waals surface area contributed by atoms with Gasteiger partial charge in [0.1, 0.15) is 11.6 Å². The van der Waals surface area contributed by atoms with Gasteiger partial charge in [0.25, 0.3) is 5.69 Å². The lowest BCUT2D eigenvalue weighted by atomic mass is 10.3. The zero-order valence-corrected chi connectivity index (χ0v) is 9.87. The highest BCUT2D eigenvalue weighted by atomic mass is 16.6. The van der Waals surface area contributed by atoms with E-state index in [-0.39, 0.29) is 24.0 Å². The van der Waals surface area contributed by atoms with Crippen molar-refractivity contribution in [3.05, 3.63) is 22.2 Å². The second-order valence-corrected chi connectivity index (χ2v) is 4.10. The quantitative estimate of drug-likeness (QED) is 0.578. The first-order valence-corrected chi connectivity index (χ1v) is 5.38. The van der Waals surface area contributed by atoms with Gasteiger partial charge in [0.2, 0.25) is 5.91 Å². The van der Waals surface area contributed by atoms with E-state index in [2.05, 4.69) is 4.98 Å². The Morgan fingerprint density at radius 2 is 2.17 bits per heavy atom. The van der Waals surface area contributed by atoms with Crippen molar-refractivity contribution in [1.82, 2.24) is 9.88 Å². The number of rotatable bonds is 2. The molecule has 1 aromatic rings. The SMILES string of the molecule is CN1CCN(c2cc([N+](=O)[O-])cc(N)n2)CC1=O. The number of aromatic nitrogens is 1. The number of carbonyl (C=O) groups is 1. The molecule has 2 rings (SSSR count).